The average Bonchev–Trinajstić information content (AvgIpc) is 3.57. The summed E-state index contributed by atoms with van der Waals surface area (Å²) in [6, 6.07) is 10.9. The third kappa shape index (κ3) is 3.94. The molecule has 3 heterocycles. The SMILES string of the molecule is COc1cc(/C(O)=C2\C(=O)C(=O)N(c3nc4ccc(Cl)cc4s3)C2c2cccs2)c(OC)cc1Cl. The van der Waals surface area contributed by atoms with Gasteiger partial charge in [0.1, 0.15) is 23.3 Å². The van der Waals surface area contributed by atoms with Gasteiger partial charge in [-0.15, -0.1) is 11.3 Å². The minimum Gasteiger partial charge on any atom is -0.507 e. The van der Waals surface area contributed by atoms with E-state index in [0.29, 0.717) is 20.5 Å². The number of carbonyl (C=O) groups is 2. The van der Waals surface area contributed by atoms with Crippen LogP contribution in [0.2, 0.25) is 10.0 Å². The van der Waals surface area contributed by atoms with Gasteiger partial charge in [-0.05, 0) is 35.7 Å². The van der Waals surface area contributed by atoms with E-state index in [4.69, 9.17) is 32.7 Å². The molecule has 0 saturated carbocycles. The fourth-order valence-electron chi connectivity index (χ4n) is 3.93. The molecular formula is C24H16Cl2N2O5S2. The molecule has 11 heteroatoms. The zero-order chi connectivity index (χ0) is 24.9. The van der Waals surface area contributed by atoms with E-state index in [9.17, 15) is 14.7 Å². The zero-order valence-electron chi connectivity index (χ0n) is 18.2. The van der Waals surface area contributed by atoms with E-state index in [0.717, 1.165) is 4.70 Å². The number of halogens is 2. The summed E-state index contributed by atoms with van der Waals surface area (Å²) in [5.74, 6) is -1.54. The van der Waals surface area contributed by atoms with Crippen molar-refractivity contribution in [1.82, 2.24) is 4.98 Å². The van der Waals surface area contributed by atoms with Crippen molar-refractivity contribution in [3.05, 3.63) is 73.9 Å². The highest BCUT2D eigenvalue weighted by atomic mass is 35.5. The smallest absolute Gasteiger partial charge is 0.301 e. The third-order valence-corrected chi connectivity index (χ3v) is 8.00. The normalized spacial score (nSPS) is 17.4. The Bertz CT molecular complexity index is 1510. The maximum Gasteiger partial charge on any atom is 0.301 e. The maximum absolute atomic E-state index is 13.4. The molecule has 1 amide bonds. The van der Waals surface area contributed by atoms with Crippen LogP contribution in [0.25, 0.3) is 16.0 Å². The number of carbonyl (C=O) groups excluding carboxylic acids is 2. The van der Waals surface area contributed by atoms with Crippen LogP contribution in [0, 0.1) is 0 Å². The van der Waals surface area contributed by atoms with E-state index in [1.165, 1.54) is 53.9 Å². The number of anilines is 1. The monoisotopic (exact) mass is 546 g/mol. The van der Waals surface area contributed by atoms with Crippen LogP contribution < -0.4 is 14.4 Å². The molecule has 0 aliphatic carbocycles. The number of amides is 1. The zero-order valence-corrected chi connectivity index (χ0v) is 21.4. The number of thiophene rings is 1. The number of aliphatic hydroxyl groups is 1. The lowest BCUT2D eigenvalue weighted by atomic mass is 9.99. The Morgan fingerprint density at radius 3 is 2.54 bits per heavy atom. The van der Waals surface area contributed by atoms with Crippen molar-refractivity contribution in [3.8, 4) is 11.5 Å². The van der Waals surface area contributed by atoms with Crippen molar-refractivity contribution in [1.29, 1.82) is 0 Å². The summed E-state index contributed by atoms with van der Waals surface area (Å²) >= 11 is 14.9. The molecule has 5 rings (SSSR count). The second-order valence-corrected chi connectivity index (χ2v) is 10.3. The van der Waals surface area contributed by atoms with Crippen LogP contribution in [0.15, 0.2) is 53.4 Å². The number of aliphatic hydroxyl groups excluding tert-OH is 1. The molecule has 0 radical (unpaired) electrons. The standard InChI is InChI=1S/C24H16Cl2N2O5S2/c1-32-15-10-13(26)16(33-2)9-12(15)21(29)19-20(17-4-3-7-34-17)28(23(31)22(19)30)24-27-14-6-5-11(25)8-18(14)35-24/h3-10,20,29H,1-2H3/b21-19+. The van der Waals surface area contributed by atoms with Crippen molar-refractivity contribution < 1.29 is 24.2 Å². The van der Waals surface area contributed by atoms with Gasteiger partial charge in [0.2, 0.25) is 0 Å². The van der Waals surface area contributed by atoms with Gasteiger partial charge in [-0.3, -0.25) is 14.5 Å². The number of hydrogen-bond donors (Lipinski definition) is 1. The number of hydrogen-bond acceptors (Lipinski definition) is 8. The number of ether oxygens (including phenoxy) is 2. The van der Waals surface area contributed by atoms with Gasteiger partial charge in [0, 0.05) is 16.0 Å². The average molecular weight is 547 g/mol. The molecule has 2 aromatic carbocycles. The van der Waals surface area contributed by atoms with E-state index in [2.05, 4.69) is 4.98 Å². The Kier molecular flexibility index (Phi) is 6.18. The molecule has 1 aliphatic heterocycles. The van der Waals surface area contributed by atoms with Gasteiger partial charge in [-0.25, -0.2) is 4.98 Å². The number of nitrogens with zero attached hydrogens (tertiary/aromatic N) is 2. The first-order valence-corrected chi connectivity index (χ1v) is 12.6. The van der Waals surface area contributed by atoms with Crippen LogP contribution in [-0.4, -0.2) is 36.0 Å². The molecular weight excluding hydrogens is 531 g/mol. The topological polar surface area (TPSA) is 89.0 Å². The van der Waals surface area contributed by atoms with Crippen molar-refractivity contribution >= 4 is 78.7 Å². The van der Waals surface area contributed by atoms with Crippen molar-refractivity contribution in [2.75, 3.05) is 19.1 Å². The summed E-state index contributed by atoms with van der Waals surface area (Å²) in [6.07, 6.45) is 0. The van der Waals surface area contributed by atoms with Crippen LogP contribution in [-0.2, 0) is 9.59 Å². The largest absolute Gasteiger partial charge is 0.507 e. The third-order valence-electron chi connectivity index (χ3n) is 5.53. The first-order chi connectivity index (χ1) is 16.8. The van der Waals surface area contributed by atoms with Gasteiger partial charge in [-0.2, -0.15) is 0 Å². The van der Waals surface area contributed by atoms with Crippen LogP contribution in [0.4, 0.5) is 5.13 Å². The highest BCUT2D eigenvalue weighted by Crippen LogP contribution is 2.47. The first kappa shape index (κ1) is 23.6. The van der Waals surface area contributed by atoms with E-state index in [1.54, 1.807) is 24.3 Å². The predicted octanol–water partition coefficient (Wildman–Crippen LogP) is 6.31. The van der Waals surface area contributed by atoms with Gasteiger partial charge in [0.05, 0.1) is 40.6 Å². The number of rotatable bonds is 5. The van der Waals surface area contributed by atoms with E-state index >= 15 is 0 Å². The Labute approximate surface area is 217 Å². The summed E-state index contributed by atoms with van der Waals surface area (Å²) in [7, 11) is 2.85. The van der Waals surface area contributed by atoms with Crippen LogP contribution >= 0.6 is 45.9 Å². The Balaban J connectivity index is 1.74. The molecule has 1 aliphatic rings. The fraction of sp³-hybridized carbons (Fsp3) is 0.125. The van der Waals surface area contributed by atoms with Crippen molar-refractivity contribution in [2.24, 2.45) is 0 Å². The molecule has 1 N–H and O–H groups in total. The second-order valence-electron chi connectivity index (χ2n) is 7.48. The lowest BCUT2D eigenvalue weighted by Gasteiger charge is -2.21. The molecule has 7 nitrogen and oxygen atoms in total. The van der Waals surface area contributed by atoms with Gasteiger partial charge in [0.15, 0.2) is 5.13 Å². The first-order valence-electron chi connectivity index (χ1n) is 10.2. The lowest BCUT2D eigenvalue weighted by molar-refractivity contribution is -0.132. The predicted molar refractivity (Wildman–Crippen MR) is 138 cm³/mol. The highest BCUT2D eigenvalue weighted by molar-refractivity contribution is 7.22. The number of ketones is 1. The number of aromatic nitrogens is 1. The van der Waals surface area contributed by atoms with Crippen LogP contribution in [0.5, 0.6) is 11.5 Å². The lowest BCUT2D eigenvalue weighted by Crippen LogP contribution is -2.28. The number of benzene rings is 2. The molecule has 0 bridgehead atoms. The fourth-order valence-corrected chi connectivity index (χ4v) is 6.25. The Hall–Kier alpha value is -3.11. The van der Waals surface area contributed by atoms with Gasteiger partial charge < -0.3 is 14.6 Å². The van der Waals surface area contributed by atoms with E-state index in [1.807, 2.05) is 11.4 Å². The number of fused-ring (bicyclic) bond motifs is 1. The van der Waals surface area contributed by atoms with E-state index < -0.39 is 23.5 Å². The van der Waals surface area contributed by atoms with Crippen LogP contribution in [0.3, 0.4) is 0 Å². The van der Waals surface area contributed by atoms with Crippen molar-refractivity contribution in [3.63, 3.8) is 0 Å². The minimum atomic E-state index is -0.891. The van der Waals surface area contributed by atoms with Gasteiger partial charge >= 0.3 is 5.91 Å². The summed E-state index contributed by atoms with van der Waals surface area (Å²) in [4.78, 5) is 33.3. The molecule has 0 spiro atoms. The number of thiazole rings is 1. The molecule has 1 fully saturated rings. The summed E-state index contributed by atoms with van der Waals surface area (Å²) in [5.41, 5.74) is 0.729. The molecule has 2 aromatic heterocycles. The molecule has 4 aromatic rings. The Morgan fingerprint density at radius 1 is 1.09 bits per heavy atom. The molecule has 1 unspecified atom stereocenters. The molecule has 35 heavy (non-hydrogen) atoms. The summed E-state index contributed by atoms with van der Waals surface area (Å²) in [5, 5.41) is 14.4. The second kappa shape index (κ2) is 9.16. The number of methoxy groups -OCH3 is 2. The molecule has 1 atom stereocenters. The summed E-state index contributed by atoms with van der Waals surface area (Å²) < 4.78 is 11.4. The maximum atomic E-state index is 13.4. The highest BCUT2D eigenvalue weighted by Gasteiger charge is 2.49. The Morgan fingerprint density at radius 2 is 1.86 bits per heavy atom. The quantitative estimate of drug-likeness (QED) is 0.179. The molecule has 1 saturated heterocycles. The number of Topliss-reactive ketones (excluding diaryl/α,β-unsaturated/α-hetero) is 1. The van der Waals surface area contributed by atoms with Crippen molar-refractivity contribution in [2.45, 2.75) is 6.04 Å². The van der Waals surface area contributed by atoms with Gasteiger partial charge in [0.25, 0.3) is 5.78 Å². The minimum absolute atomic E-state index is 0.0857. The van der Waals surface area contributed by atoms with Crippen LogP contribution in [0.1, 0.15) is 16.5 Å². The summed E-state index contributed by atoms with van der Waals surface area (Å²) in [6.45, 7) is 0. The van der Waals surface area contributed by atoms with Gasteiger partial charge in [-0.1, -0.05) is 40.6 Å². The molecule has 178 valence electrons. The van der Waals surface area contributed by atoms with E-state index in [-0.39, 0.29) is 27.7 Å².